The number of aromatic nitrogens is 1. The van der Waals surface area contributed by atoms with E-state index in [1.165, 1.54) is 7.11 Å². The van der Waals surface area contributed by atoms with Gasteiger partial charge in [0.05, 0.1) is 13.7 Å². The Kier molecular flexibility index (Phi) is 6.75. The first kappa shape index (κ1) is 19.9. The van der Waals surface area contributed by atoms with Gasteiger partial charge < -0.3 is 14.2 Å². The standard InChI is InChI=1S/C18H28N2O4/c1-8-9-20(17(22)11(2)3)10-14(21)15-12(4)16(18(23)24-7)19(6)13(15)5/h11H,8-10H2,1-7H3. The molecule has 0 bridgehead atoms. The van der Waals surface area contributed by atoms with Gasteiger partial charge in [-0.05, 0) is 25.8 Å². The molecule has 24 heavy (non-hydrogen) atoms. The van der Waals surface area contributed by atoms with Gasteiger partial charge in [0.25, 0.3) is 0 Å². The van der Waals surface area contributed by atoms with Crippen molar-refractivity contribution in [2.45, 2.75) is 41.0 Å². The molecule has 0 radical (unpaired) electrons. The average molecular weight is 336 g/mol. The van der Waals surface area contributed by atoms with E-state index in [1.54, 1.807) is 30.4 Å². The van der Waals surface area contributed by atoms with E-state index < -0.39 is 5.97 Å². The van der Waals surface area contributed by atoms with Crippen molar-refractivity contribution in [3.8, 4) is 0 Å². The monoisotopic (exact) mass is 336 g/mol. The van der Waals surface area contributed by atoms with Gasteiger partial charge in [0.2, 0.25) is 5.91 Å². The maximum atomic E-state index is 12.8. The number of Topliss-reactive ketones (excluding diaryl/α,β-unsaturated/α-hetero) is 1. The molecule has 0 atom stereocenters. The number of hydrogen-bond acceptors (Lipinski definition) is 4. The highest BCUT2D eigenvalue weighted by molar-refractivity contribution is 6.04. The molecule has 0 aromatic carbocycles. The summed E-state index contributed by atoms with van der Waals surface area (Å²) < 4.78 is 6.47. The van der Waals surface area contributed by atoms with E-state index in [1.807, 2.05) is 20.8 Å². The third-order valence-electron chi connectivity index (χ3n) is 4.22. The fraction of sp³-hybridized carbons (Fsp3) is 0.611. The zero-order chi connectivity index (χ0) is 18.6. The Morgan fingerprint density at radius 1 is 1.21 bits per heavy atom. The molecule has 0 aliphatic carbocycles. The fourth-order valence-electron chi connectivity index (χ4n) is 2.93. The first-order chi connectivity index (χ1) is 11.2. The molecule has 0 saturated heterocycles. The number of rotatable bonds is 7. The van der Waals surface area contributed by atoms with Crippen LogP contribution >= 0.6 is 0 Å². The van der Waals surface area contributed by atoms with Crippen LogP contribution in [-0.2, 0) is 16.6 Å². The van der Waals surface area contributed by atoms with Crippen LogP contribution in [0.2, 0.25) is 0 Å². The van der Waals surface area contributed by atoms with Gasteiger partial charge in [-0.25, -0.2) is 4.79 Å². The lowest BCUT2D eigenvalue weighted by Crippen LogP contribution is -2.39. The van der Waals surface area contributed by atoms with Crippen LogP contribution in [0.1, 0.15) is 59.3 Å². The number of nitrogens with zero attached hydrogens (tertiary/aromatic N) is 2. The molecule has 0 N–H and O–H groups in total. The number of esters is 1. The second-order valence-corrected chi connectivity index (χ2v) is 6.32. The van der Waals surface area contributed by atoms with E-state index in [9.17, 15) is 14.4 Å². The van der Waals surface area contributed by atoms with Gasteiger partial charge in [-0.2, -0.15) is 0 Å². The molecule has 0 aliphatic rings. The predicted octanol–water partition coefficient (Wildman–Crippen LogP) is 2.51. The molecule has 1 aromatic heterocycles. The second-order valence-electron chi connectivity index (χ2n) is 6.32. The molecule has 1 aromatic rings. The maximum Gasteiger partial charge on any atom is 0.354 e. The molecular formula is C18H28N2O4. The minimum absolute atomic E-state index is 0.0250. The molecule has 0 unspecified atom stereocenters. The van der Waals surface area contributed by atoms with E-state index in [0.29, 0.717) is 29.1 Å². The summed E-state index contributed by atoms with van der Waals surface area (Å²) in [4.78, 5) is 38.6. The van der Waals surface area contributed by atoms with Crippen LogP contribution in [0.25, 0.3) is 0 Å². The summed E-state index contributed by atoms with van der Waals surface area (Å²) in [5, 5.41) is 0. The first-order valence-electron chi connectivity index (χ1n) is 8.23. The Balaban J connectivity index is 3.19. The van der Waals surface area contributed by atoms with Crippen LogP contribution < -0.4 is 0 Å². The Labute approximate surface area is 143 Å². The summed E-state index contributed by atoms with van der Waals surface area (Å²) in [5.74, 6) is -0.823. The highest BCUT2D eigenvalue weighted by Crippen LogP contribution is 2.23. The van der Waals surface area contributed by atoms with E-state index in [0.717, 1.165) is 6.42 Å². The van der Waals surface area contributed by atoms with Gasteiger partial charge in [0.1, 0.15) is 5.69 Å². The van der Waals surface area contributed by atoms with Gasteiger partial charge in [0.15, 0.2) is 5.78 Å². The van der Waals surface area contributed by atoms with Crippen LogP contribution in [0, 0.1) is 19.8 Å². The summed E-state index contributed by atoms with van der Waals surface area (Å²) in [7, 11) is 3.05. The normalized spacial score (nSPS) is 10.8. The Morgan fingerprint density at radius 3 is 2.25 bits per heavy atom. The number of ketones is 1. The number of carbonyl (C=O) groups is 3. The largest absolute Gasteiger partial charge is 0.464 e. The van der Waals surface area contributed by atoms with Crippen molar-refractivity contribution < 1.29 is 19.1 Å². The van der Waals surface area contributed by atoms with Crippen molar-refractivity contribution >= 4 is 17.7 Å². The van der Waals surface area contributed by atoms with Crippen molar-refractivity contribution in [2.24, 2.45) is 13.0 Å². The van der Waals surface area contributed by atoms with Crippen LogP contribution in [0.3, 0.4) is 0 Å². The minimum Gasteiger partial charge on any atom is -0.464 e. The van der Waals surface area contributed by atoms with Crippen LogP contribution in [0.15, 0.2) is 0 Å². The predicted molar refractivity (Wildman–Crippen MR) is 92.3 cm³/mol. The fourth-order valence-corrected chi connectivity index (χ4v) is 2.93. The Bertz CT molecular complexity index is 644. The van der Waals surface area contributed by atoms with Crippen molar-refractivity contribution in [1.29, 1.82) is 0 Å². The van der Waals surface area contributed by atoms with Gasteiger partial charge in [-0.1, -0.05) is 20.8 Å². The van der Waals surface area contributed by atoms with Crippen LogP contribution in [0.4, 0.5) is 0 Å². The lowest BCUT2D eigenvalue weighted by Gasteiger charge is -2.23. The molecule has 0 saturated carbocycles. The second kappa shape index (κ2) is 8.13. The quantitative estimate of drug-likeness (QED) is 0.567. The number of amides is 1. The third kappa shape index (κ3) is 3.86. The molecule has 1 amide bonds. The molecule has 0 aliphatic heterocycles. The number of methoxy groups -OCH3 is 1. The summed E-state index contributed by atoms with van der Waals surface area (Å²) in [6.07, 6.45) is 0.784. The van der Waals surface area contributed by atoms with Gasteiger partial charge >= 0.3 is 5.97 Å². The molecule has 6 nitrogen and oxygen atoms in total. The number of hydrogen-bond donors (Lipinski definition) is 0. The number of carbonyl (C=O) groups excluding carboxylic acids is 3. The van der Waals surface area contributed by atoms with E-state index in [2.05, 4.69) is 0 Å². The molecule has 1 heterocycles. The molecule has 6 heteroatoms. The Hall–Kier alpha value is -2.11. The minimum atomic E-state index is -0.471. The van der Waals surface area contributed by atoms with Crippen molar-refractivity contribution in [3.63, 3.8) is 0 Å². The van der Waals surface area contributed by atoms with Crippen LogP contribution in [0.5, 0.6) is 0 Å². The highest BCUT2D eigenvalue weighted by Gasteiger charge is 2.27. The van der Waals surface area contributed by atoms with E-state index >= 15 is 0 Å². The highest BCUT2D eigenvalue weighted by atomic mass is 16.5. The summed E-state index contributed by atoms with van der Waals surface area (Å²) >= 11 is 0. The first-order valence-corrected chi connectivity index (χ1v) is 8.23. The molecule has 0 fully saturated rings. The van der Waals surface area contributed by atoms with Crippen LogP contribution in [-0.4, -0.2) is 47.3 Å². The molecular weight excluding hydrogens is 308 g/mol. The van der Waals surface area contributed by atoms with Gasteiger partial charge in [0, 0.05) is 30.8 Å². The van der Waals surface area contributed by atoms with Gasteiger partial charge in [-0.15, -0.1) is 0 Å². The molecule has 0 spiro atoms. The van der Waals surface area contributed by atoms with Crippen molar-refractivity contribution in [3.05, 3.63) is 22.5 Å². The van der Waals surface area contributed by atoms with Crippen molar-refractivity contribution in [2.75, 3.05) is 20.2 Å². The van der Waals surface area contributed by atoms with E-state index in [-0.39, 0.29) is 24.2 Å². The van der Waals surface area contributed by atoms with Crippen molar-refractivity contribution in [1.82, 2.24) is 9.47 Å². The summed E-state index contributed by atoms with van der Waals surface area (Å²) in [6, 6.07) is 0. The number of ether oxygens (including phenoxy) is 1. The molecule has 1 rings (SSSR count). The lowest BCUT2D eigenvalue weighted by atomic mass is 10.0. The third-order valence-corrected chi connectivity index (χ3v) is 4.22. The zero-order valence-corrected chi connectivity index (χ0v) is 15.7. The smallest absolute Gasteiger partial charge is 0.354 e. The summed E-state index contributed by atoms with van der Waals surface area (Å²) in [6.45, 7) is 9.71. The lowest BCUT2D eigenvalue weighted by molar-refractivity contribution is -0.134. The maximum absolute atomic E-state index is 12.8. The van der Waals surface area contributed by atoms with E-state index in [4.69, 9.17) is 4.74 Å². The zero-order valence-electron chi connectivity index (χ0n) is 15.7. The average Bonchev–Trinajstić information content (AvgIpc) is 2.75. The Morgan fingerprint density at radius 2 is 1.79 bits per heavy atom. The van der Waals surface area contributed by atoms with Gasteiger partial charge in [-0.3, -0.25) is 9.59 Å². The molecule has 134 valence electrons. The topological polar surface area (TPSA) is 68.6 Å². The SMILES string of the molecule is CCCN(CC(=O)c1c(C)c(C(=O)OC)n(C)c1C)C(=O)C(C)C. The summed E-state index contributed by atoms with van der Waals surface area (Å²) in [5.41, 5.74) is 2.16.